The van der Waals surface area contributed by atoms with Gasteiger partial charge in [-0.2, -0.15) is 44.6 Å². The summed E-state index contributed by atoms with van der Waals surface area (Å²) >= 11 is 0. The molecular formula is C21H14F9N5O. The zero-order valence-electron chi connectivity index (χ0n) is 17.7. The lowest BCUT2D eigenvalue weighted by Gasteiger charge is -2.30. The number of hydrogen-bond acceptors (Lipinski definition) is 4. The Morgan fingerprint density at radius 2 is 1.75 bits per heavy atom. The number of benzene rings is 1. The van der Waals surface area contributed by atoms with Crippen LogP contribution in [0.2, 0.25) is 0 Å². The van der Waals surface area contributed by atoms with Gasteiger partial charge in [0.2, 0.25) is 0 Å². The van der Waals surface area contributed by atoms with Gasteiger partial charge in [0.25, 0.3) is 5.91 Å². The Balaban J connectivity index is 1.77. The molecule has 1 aliphatic rings. The molecule has 1 atom stereocenters. The molecule has 36 heavy (non-hydrogen) atoms. The molecule has 2 N–H and O–H groups in total. The molecule has 0 fully saturated rings. The lowest BCUT2D eigenvalue weighted by atomic mass is 9.92. The Bertz CT molecular complexity index is 1290. The van der Waals surface area contributed by atoms with Crippen LogP contribution in [0.25, 0.3) is 5.69 Å². The minimum Gasteiger partial charge on any atom is -0.322 e. The Hall–Kier alpha value is -3.62. The van der Waals surface area contributed by atoms with Crippen LogP contribution in [0.1, 0.15) is 38.9 Å². The molecule has 0 aliphatic carbocycles. The van der Waals surface area contributed by atoms with Gasteiger partial charge in [-0.25, -0.2) is 4.68 Å². The first-order valence-corrected chi connectivity index (χ1v) is 10.1. The highest BCUT2D eigenvalue weighted by Crippen LogP contribution is 2.40. The quantitative estimate of drug-likeness (QED) is 0.457. The Morgan fingerprint density at radius 1 is 1.03 bits per heavy atom. The predicted molar refractivity (Wildman–Crippen MR) is 106 cm³/mol. The number of amides is 1. The summed E-state index contributed by atoms with van der Waals surface area (Å²) in [6.45, 7) is -0.173. The molecule has 3 aromatic rings. The van der Waals surface area contributed by atoms with Crippen LogP contribution in [0.4, 0.5) is 45.2 Å². The van der Waals surface area contributed by atoms with Gasteiger partial charge >= 0.3 is 18.5 Å². The smallest absolute Gasteiger partial charge is 0.322 e. The third kappa shape index (κ3) is 4.87. The van der Waals surface area contributed by atoms with E-state index in [1.807, 2.05) is 5.32 Å². The molecule has 3 heterocycles. The van der Waals surface area contributed by atoms with Gasteiger partial charge in [-0.3, -0.25) is 9.78 Å². The SMILES string of the molecule is O=C(Nc1ccnc(C(F)(F)F)c1)c1cnn(-c2cccc3c2CCN[C@H]3C(F)(F)F)c1C(F)(F)F. The van der Waals surface area contributed by atoms with E-state index in [0.29, 0.717) is 23.1 Å². The number of hydrogen-bond donors (Lipinski definition) is 2. The van der Waals surface area contributed by atoms with E-state index in [2.05, 4.69) is 15.4 Å². The molecule has 0 saturated heterocycles. The molecule has 1 amide bonds. The Labute approximate surface area is 196 Å². The van der Waals surface area contributed by atoms with E-state index in [0.717, 1.165) is 24.3 Å². The van der Waals surface area contributed by atoms with Crippen LogP contribution in [-0.2, 0) is 18.8 Å². The van der Waals surface area contributed by atoms with Gasteiger partial charge in [-0.05, 0) is 35.7 Å². The third-order valence-corrected chi connectivity index (χ3v) is 5.37. The van der Waals surface area contributed by atoms with Crippen LogP contribution in [0.5, 0.6) is 0 Å². The first-order chi connectivity index (χ1) is 16.7. The zero-order chi connectivity index (χ0) is 26.5. The van der Waals surface area contributed by atoms with Crippen molar-refractivity contribution in [2.24, 2.45) is 0 Å². The van der Waals surface area contributed by atoms with Gasteiger partial charge in [-0.1, -0.05) is 12.1 Å². The van der Waals surface area contributed by atoms with Gasteiger partial charge < -0.3 is 10.6 Å². The maximum absolute atomic E-state index is 14.1. The lowest BCUT2D eigenvalue weighted by molar-refractivity contribution is -0.159. The number of pyridine rings is 1. The van der Waals surface area contributed by atoms with Crippen molar-refractivity contribution in [1.82, 2.24) is 20.1 Å². The first-order valence-electron chi connectivity index (χ1n) is 10.1. The fourth-order valence-corrected chi connectivity index (χ4v) is 3.91. The number of fused-ring (bicyclic) bond motifs is 1. The second kappa shape index (κ2) is 8.80. The lowest BCUT2D eigenvalue weighted by Crippen LogP contribution is -2.39. The molecule has 0 saturated carbocycles. The summed E-state index contributed by atoms with van der Waals surface area (Å²) < 4.78 is 121. The third-order valence-electron chi connectivity index (χ3n) is 5.37. The van der Waals surface area contributed by atoms with Crippen molar-refractivity contribution in [2.75, 3.05) is 11.9 Å². The van der Waals surface area contributed by atoms with E-state index in [4.69, 9.17) is 0 Å². The highest BCUT2D eigenvalue weighted by Gasteiger charge is 2.45. The number of rotatable bonds is 3. The van der Waals surface area contributed by atoms with Crippen molar-refractivity contribution in [1.29, 1.82) is 0 Å². The van der Waals surface area contributed by atoms with E-state index in [-0.39, 0.29) is 29.8 Å². The molecule has 0 bridgehead atoms. The van der Waals surface area contributed by atoms with E-state index < -0.39 is 53.1 Å². The summed E-state index contributed by atoms with van der Waals surface area (Å²) in [6.07, 6.45) is -13.6. The largest absolute Gasteiger partial charge is 0.434 e. The number of carbonyl (C=O) groups is 1. The summed E-state index contributed by atoms with van der Waals surface area (Å²) in [5.74, 6) is -1.42. The summed E-state index contributed by atoms with van der Waals surface area (Å²) in [4.78, 5) is 15.7. The topological polar surface area (TPSA) is 71.8 Å². The minimum absolute atomic E-state index is 0.0388. The van der Waals surface area contributed by atoms with Crippen LogP contribution >= 0.6 is 0 Å². The van der Waals surface area contributed by atoms with Crippen molar-refractivity contribution >= 4 is 11.6 Å². The molecule has 0 radical (unpaired) electrons. The molecule has 192 valence electrons. The second-order valence-electron chi connectivity index (χ2n) is 7.72. The van der Waals surface area contributed by atoms with Crippen molar-refractivity contribution in [3.63, 3.8) is 0 Å². The fourth-order valence-electron chi connectivity index (χ4n) is 3.91. The minimum atomic E-state index is -5.20. The van der Waals surface area contributed by atoms with Gasteiger partial charge in [0.15, 0.2) is 5.69 Å². The van der Waals surface area contributed by atoms with Crippen molar-refractivity contribution < 1.29 is 44.3 Å². The highest BCUT2D eigenvalue weighted by atomic mass is 19.4. The monoisotopic (exact) mass is 523 g/mol. The zero-order valence-corrected chi connectivity index (χ0v) is 17.7. The number of halogens is 9. The molecule has 2 aromatic heterocycles. The van der Waals surface area contributed by atoms with Gasteiger partial charge in [0.05, 0.1) is 17.4 Å². The van der Waals surface area contributed by atoms with Crippen LogP contribution in [0.15, 0.2) is 42.7 Å². The average Bonchev–Trinajstić information content (AvgIpc) is 3.23. The number of anilines is 1. The van der Waals surface area contributed by atoms with E-state index in [1.54, 1.807) is 0 Å². The van der Waals surface area contributed by atoms with Gasteiger partial charge in [0, 0.05) is 18.4 Å². The molecule has 0 unspecified atom stereocenters. The summed E-state index contributed by atoms with van der Waals surface area (Å²) in [7, 11) is 0. The van der Waals surface area contributed by atoms with Crippen LogP contribution in [-0.4, -0.2) is 33.4 Å². The van der Waals surface area contributed by atoms with E-state index >= 15 is 0 Å². The van der Waals surface area contributed by atoms with Crippen LogP contribution in [0, 0.1) is 0 Å². The Kier molecular flexibility index (Phi) is 6.22. The second-order valence-corrected chi connectivity index (χ2v) is 7.72. The van der Waals surface area contributed by atoms with Crippen molar-refractivity contribution in [2.45, 2.75) is 31.0 Å². The number of carbonyl (C=O) groups excluding carboxylic acids is 1. The molecule has 1 aromatic carbocycles. The molecule has 1 aliphatic heterocycles. The summed E-state index contributed by atoms with van der Waals surface area (Å²) in [5, 5.41) is 7.83. The molecular weight excluding hydrogens is 509 g/mol. The highest BCUT2D eigenvalue weighted by molar-refractivity contribution is 6.05. The van der Waals surface area contributed by atoms with E-state index in [1.165, 1.54) is 0 Å². The summed E-state index contributed by atoms with van der Waals surface area (Å²) in [5.41, 5.74) is -5.11. The first kappa shape index (κ1) is 25.5. The van der Waals surface area contributed by atoms with Crippen LogP contribution in [0.3, 0.4) is 0 Å². The van der Waals surface area contributed by atoms with Gasteiger partial charge in [0.1, 0.15) is 11.7 Å². The van der Waals surface area contributed by atoms with E-state index in [9.17, 15) is 44.3 Å². The van der Waals surface area contributed by atoms with Crippen molar-refractivity contribution in [3.8, 4) is 5.69 Å². The van der Waals surface area contributed by atoms with Crippen molar-refractivity contribution in [3.05, 3.63) is 70.8 Å². The normalized spacial score (nSPS) is 16.5. The maximum Gasteiger partial charge on any atom is 0.434 e. The molecule has 6 nitrogen and oxygen atoms in total. The Morgan fingerprint density at radius 3 is 2.39 bits per heavy atom. The molecule has 15 heteroatoms. The van der Waals surface area contributed by atoms with Crippen LogP contribution < -0.4 is 10.6 Å². The predicted octanol–water partition coefficient (Wildman–Crippen LogP) is 5.31. The average molecular weight is 523 g/mol. The number of nitrogens with one attached hydrogen (secondary N) is 2. The maximum atomic E-state index is 14.1. The number of nitrogens with zero attached hydrogens (tertiary/aromatic N) is 3. The van der Waals surface area contributed by atoms with Gasteiger partial charge in [-0.15, -0.1) is 0 Å². The standard InChI is InChI=1S/C21H14F9N5O/c22-19(23,24)15-8-10(4-6-31-15)34-18(36)13-9-33-35(17(13)21(28,29)30)14-3-1-2-12-11(14)5-7-32-16(12)20(25,26)27/h1-4,6,8-9,16,32H,5,7H2,(H,31,34,36)/t16-/m1/s1. The fraction of sp³-hybridized carbons (Fsp3) is 0.286. The number of aromatic nitrogens is 3. The summed E-state index contributed by atoms with van der Waals surface area (Å²) in [6, 6.07) is 2.69. The molecule has 0 spiro atoms. The molecule has 4 rings (SSSR count). The number of alkyl halides is 9.